The Balaban J connectivity index is 1.30. The highest BCUT2D eigenvalue weighted by Gasteiger charge is 2.23. The SMILES string of the molecule is Fc1ccc(Nc2cccc(C3CN(Cc4cccc5ncccc45)CCO3)n2)nc1. The van der Waals surface area contributed by atoms with Gasteiger partial charge in [0, 0.05) is 31.2 Å². The summed E-state index contributed by atoms with van der Waals surface area (Å²) in [5.74, 6) is 0.823. The van der Waals surface area contributed by atoms with Crippen LogP contribution in [-0.2, 0) is 11.3 Å². The van der Waals surface area contributed by atoms with Crippen molar-refractivity contribution in [2.75, 3.05) is 25.0 Å². The number of ether oxygens (including phenoxy) is 1. The molecule has 1 atom stereocenters. The molecule has 1 unspecified atom stereocenters. The molecule has 156 valence electrons. The van der Waals surface area contributed by atoms with Gasteiger partial charge in [-0.15, -0.1) is 0 Å². The topological polar surface area (TPSA) is 63.2 Å². The summed E-state index contributed by atoms with van der Waals surface area (Å²) >= 11 is 0. The van der Waals surface area contributed by atoms with E-state index in [-0.39, 0.29) is 11.9 Å². The lowest BCUT2D eigenvalue weighted by Gasteiger charge is -2.33. The maximum absolute atomic E-state index is 13.1. The number of fused-ring (bicyclic) bond motifs is 1. The molecule has 6 nitrogen and oxygen atoms in total. The van der Waals surface area contributed by atoms with E-state index in [1.807, 2.05) is 36.5 Å². The third-order valence-corrected chi connectivity index (χ3v) is 5.36. The largest absolute Gasteiger partial charge is 0.369 e. The number of anilines is 2. The number of aromatic nitrogens is 3. The summed E-state index contributed by atoms with van der Waals surface area (Å²) < 4.78 is 19.1. The van der Waals surface area contributed by atoms with Crippen LogP contribution < -0.4 is 5.32 Å². The van der Waals surface area contributed by atoms with Crippen molar-refractivity contribution >= 4 is 22.5 Å². The van der Waals surface area contributed by atoms with E-state index in [1.165, 1.54) is 23.2 Å². The van der Waals surface area contributed by atoms with Crippen molar-refractivity contribution in [2.45, 2.75) is 12.6 Å². The van der Waals surface area contributed by atoms with Gasteiger partial charge in [-0.05, 0) is 42.0 Å². The van der Waals surface area contributed by atoms with Gasteiger partial charge in [0.1, 0.15) is 23.6 Å². The van der Waals surface area contributed by atoms with Crippen molar-refractivity contribution in [1.29, 1.82) is 0 Å². The highest BCUT2D eigenvalue weighted by Crippen LogP contribution is 2.25. The summed E-state index contributed by atoms with van der Waals surface area (Å²) in [7, 11) is 0. The van der Waals surface area contributed by atoms with Crippen molar-refractivity contribution in [3.8, 4) is 0 Å². The Kier molecular flexibility index (Phi) is 5.52. The van der Waals surface area contributed by atoms with E-state index in [0.717, 1.165) is 30.8 Å². The minimum Gasteiger partial charge on any atom is -0.369 e. The maximum atomic E-state index is 13.1. The molecule has 1 aromatic carbocycles. The fourth-order valence-electron chi connectivity index (χ4n) is 3.85. The lowest BCUT2D eigenvalue weighted by molar-refractivity contribution is -0.0348. The number of rotatable bonds is 5. The van der Waals surface area contributed by atoms with Crippen LogP contribution in [0.1, 0.15) is 17.4 Å². The van der Waals surface area contributed by atoms with Crippen LogP contribution in [0.4, 0.5) is 16.0 Å². The third-order valence-electron chi connectivity index (χ3n) is 5.36. The number of morpholine rings is 1. The van der Waals surface area contributed by atoms with Crippen molar-refractivity contribution in [3.05, 3.63) is 90.1 Å². The smallest absolute Gasteiger partial charge is 0.141 e. The zero-order chi connectivity index (χ0) is 21.0. The molecule has 5 rings (SSSR count). The maximum Gasteiger partial charge on any atom is 0.141 e. The summed E-state index contributed by atoms with van der Waals surface area (Å²) in [6.07, 6.45) is 2.88. The number of nitrogens with zero attached hydrogens (tertiary/aromatic N) is 4. The zero-order valence-corrected chi connectivity index (χ0v) is 16.9. The molecule has 1 aliphatic rings. The number of hydrogen-bond donors (Lipinski definition) is 1. The van der Waals surface area contributed by atoms with E-state index in [1.54, 1.807) is 6.07 Å². The second-order valence-corrected chi connectivity index (χ2v) is 7.52. The summed E-state index contributed by atoms with van der Waals surface area (Å²) in [4.78, 5) is 15.6. The lowest BCUT2D eigenvalue weighted by atomic mass is 10.1. The fraction of sp³-hybridized carbons (Fsp3) is 0.208. The first-order chi connectivity index (χ1) is 15.2. The van der Waals surface area contributed by atoms with Crippen molar-refractivity contribution in [1.82, 2.24) is 19.9 Å². The standard InChI is InChI=1S/C24H22FN5O/c25-18-9-10-23(27-14-18)29-24-8-2-7-21(28-24)22-16-30(12-13-31-22)15-17-4-1-6-20-19(17)5-3-11-26-20/h1-11,14,22H,12-13,15-16H2,(H,27,28,29). The first-order valence-electron chi connectivity index (χ1n) is 10.3. The van der Waals surface area contributed by atoms with Gasteiger partial charge in [0.25, 0.3) is 0 Å². The number of benzene rings is 1. The molecule has 1 N–H and O–H groups in total. The molecule has 0 amide bonds. The quantitative estimate of drug-likeness (QED) is 0.519. The first-order valence-corrected chi connectivity index (χ1v) is 10.3. The number of hydrogen-bond acceptors (Lipinski definition) is 6. The lowest BCUT2D eigenvalue weighted by Crippen LogP contribution is -2.38. The Morgan fingerprint density at radius 3 is 2.84 bits per heavy atom. The van der Waals surface area contributed by atoms with Crippen molar-refractivity contribution < 1.29 is 9.13 Å². The predicted molar refractivity (Wildman–Crippen MR) is 117 cm³/mol. The van der Waals surface area contributed by atoms with Gasteiger partial charge in [0.2, 0.25) is 0 Å². The van der Waals surface area contributed by atoms with Crippen molar-refractivity contribution in [3.63, 3.8) is 0 Å². The van der Waals surface area contributed by atoms with Crippen LogP contribution in [0.5, 0.6) is 0 Å². The molecule has 0 bridgehead atoms. The molecule has 7 heteroatoms. The van der Waals surface area contributed by atoms with E-state index < -0.39 is 0 Å². The van der Waals surface area contributed by atoms with Crippen LogP contribution in [0.3, 0.4) is 0 Å². The predicted octanol–water partition coefficient (Wildman–Crippen LogP) is 4.48. The molecule has 0 spiro atoms. The van der Waals surface area contributed by atoms with Gasteiger partial charge in [0.05, 0.1) is 24.0 Å². The molecule has 1 saturated heterocycles. The Bertz CT molecular complexity index is 1180. The highest BCUT2D eigenvalue weighted by atomic mass is 19.1. The Hall–Kier alpha value is -3.42. The third kappa shape index (κ3) is 4.52. The minimum atomic E-state index is -0.370. The second kappa shape index (κ2) is 8.75. The average Bonchev–Trinajstić information content (AvgIpc) is 2.81. The molecule has 4 heterocycles. The molecule has 1 fully saturated rings. The summed E-state index contributed by atoms with van der Waals surface area (Å²) in [5, 5.41) is 4.30. The van der Waals surface area contributed by atoms with Crippen LogP contribution in [-0.4, -0.2) is 39.5 Å². The summed E-state index contributed by atoms with van der Waals surface area (Å²) in [6, 6.07) is 19.1. The van der Waals surface area contributed by atoms with Gasteiger partial charge in [-0.1, -0.05) is 24.3 Å². The van der Waals surface area contributed by atoms with E-state index in [9.17, 15) is 4.39 Å². The van der Waals surface area contributed by atoms with E-state index in [0.29, 0.717) is 18.2 Å². The van der Waals surface area contributed by atoms with Crippen LogP contribution >= 0.6 is 0 Å². The molecule has 3 aromatic heterocycles. The van der Waals surface area contributed by atoms with E-state index in [4.69, 9.17) is 9.72 Å². The molecule has 0 aliphatic carbocycles. The molecule has 4 aromatic rings. The van der Waals surface area contributed by atoms with Gasteiger partial charge in [-0.2, -0.15) is 0 Å². The first kappa shape index (κ1) is 19.5. The van der Waals surface area contributed by atoms with Crippen molar-refractivity contribution in [2.24, 2.45) is 0 Å². The second-order valence-electron chi connectivity index (χ2n) is 7.52. The molecule has 0 radical (unpaired) electrons. The Morgan fingerprint density at radius 2 is 1.94 bits per heavy atom. The molecular weight excluding hydrogens is 393 g/mol. The fourth-order valence-corrected chi connectivity index (χ4v) is 3.85. The minimum absolute atomic E-state index is 0.121. The van der Waals surface area contributed by atoms with Crippen LogP contribution in [0.15, 0.2) is 73.1 Å². The Labute approximate surface area is 179 Å². The average molecular weight is 415 g/mol. The molecular formula is C24H22FN5O. The number of halogens is 1. The van der Waals surface area contributed by atoms with Gasteiger partial charge >= 0.3 is 0 Å². The molecule has 1 aliphatic heterocycles. The van der Waals surface area contributed by atoms with Crippen LogP contribution in [0.2, 0.25) is 0 Å². The normalized spacial score (nSPS) is 17.0. The summed E-state index contributed by atoms with van der Waals surface area (Å²) in [6.45, 7) is 3.10. The highest BCUT2D eigenvalue weighted by molar-refractivity contribution is 5.81. The Morgan fingerprint density at radius 1 is 1.00 bits per heavy atom. The number of nitrogens with one attached hydrogen (secondary N) is 1. The van der Waals surface area contributed by atoms with Crippen LogP contribution in [0, 0.1) is 5.82 Å². The monoisotopic (exact) mass is 415 g/mol. The van der Waals surface area contributed by atoms with E-state index in [2.05, 4.69) is 38.4 Å². The zero-order valence-electron chi connectivity index (χ0n) is 16.9. The van der Waals surface area contributed by atoms with Gasteiger partial charge < -0.3 is 10.1 Å². The summed E-state index contributed by atoms with van der Waals surface area (Å²) in [5.41, 5.74) is 3.13. The van der Waals surface area contributed by atoms with Gasteiger partial charge in [-0.3, -0.25) is 9.88 Å². The molecule has 31 heavy (non-hydrogen) atoms. The van der Waals surface area contributed by atoms with Gasteiger partial charge in [-0.25, -0.2) is 14.4 Å². The molecule has 0 saturated carbocycles. The number of pyridine rings is 3. The van der Waals surface area contributed by atoms with Crippen LogP contribution in [0.25, 0.3) is 10.9 Å². The van der Waals surface area contributed by atoms with E-state index >= 15 is 0 Å². The van der Waals surface area contributed by atoms with Gasteiger partial charge in [0.15, 0.2) is 0 Å².